The van der Waals surface area contributed by atoms with Gasteiger partial charge in [0.1, 0.15) is 17.7 Å². The van der Waals surface area contributed by atoms with Crippen molar-refractivity contribution in [3.8, 4) is 11.5 Å². The summed E-state index contributed by atoms with van der Waals surface area (Å²) in [5.74, 6) is 1.33. The Labute approximate surface area is 172 Å². The number of hydrogen-bond acceptors (Lipinski definition) is 4. The minimum atomic E-state index is -0.311. The molecule has 2 aromatic carbocycles. The van der Waals surface area contributed by atoms with Gasteiger partial charge >= 0.3 is 0 Å². The average Bonchev–Trinajstić information content (AvgIpc) is 3.10. The lowest BCUT2D eigenvalue weighted by Crippen LogP contribution is -2.48. The summed E-state index contributed by atoms with van der Waals surface area (Å²) < 4.78 is 10.4. The number of nitrogens with zero attached hydrogens (tertiary/aromatic N) is 2. The zero-order valence-corrected chi connectivity index (χ0v) is 17.6. The summed E-state index contributed by atoms with van der Waals surface area (Å²) in [7, 11) is 3.19. The molecule has 0 bridgehead atoms. The van der Waals surface area contributed by atoms with Gasteiger partial charge in [-0.3, -0.25) is 9.59 Å². The molecule has 6 nitrogen and oxygen atoms in total. The van der Waals surface area contributed by atoms with Crippen molar-refractivity contribution in [3.05, 3.63) is 59.7 Å². The van der Waals surface area contributed by atoms with Crippen LogP contribution in [0.5, 0.6) is 11.5 Å². The van der Waals surface area contributed by atoms with Crippen molar-refractivity contribution < 1.29 is 19.1 Å². The smallest absolute Gasteiger partial charge is 0.255 e. The van der Waals surface area contributed by atoms with E-state index >= 15 is 0 Å². The number of ether oxygens (including phenoxy) is 2. The molecule has 3 rings (SSSR count). The number of carbonyl (C=O) groups excluding carboxylic acids is 2. The summed E-state index contributed by atoms with van der Waals surface area (Å²) in [6, 6.07) is 14.1. The highest BCUT2D eigenvalue weighted by molar-refractivity contribution is 5.98. The molecule has 154 valence electrons. The molecule has 2 unspecified atom stereocenters. The van der Waals surface area contributed by atoms with E-state index in [1.54, 1.807) is 67.7 Å². The first kappa shape index (κ1) is 20.7. The second-order valence-electron chi connectivity index (χ2n) is 7.63. The Bertz CT molecular complexity index is 861. The molecule has 1 fully saturated rings. The summed E-state index contributed by atoms with van der Waals surface area (Å²) in [6.07, 6.45) is -0.311. The van der Waals surface area contributed by atoms with Crippen molar-refractivity contribution in [1.82, 2.24) is 9.80 Å². The Hall–Kier alpha value is -3.02. The zero-order chi connectivity index (χ0) is 21.1. The molecule has 6 heteroatoms. The van der Waals surface area contributed by atoms with Crippen LogP contribution < -0.4 is 9.47 Å². The Morgan fingerprint density at radius 2 is 1.31 bits per heavy atom. The molecular weight excluding hydrogens is 368 g/mol. The van der Waals surface area contributed by atoms with Crippen LogP contribution in [0.1, 0.15) is 41.5 Å². The maximum absolute atomic E-state index is 13.3. The SMILES string of the molecule is COc1ccc(C(=O)N2CC(C)N(C(=O)c3ccc(OC)cc3)C2C(C)C)cc1. The molecule has 1 aliphatic heterocycles. The Balaban J connectivity index is 1.88. The molecule has 2 amide bonds. The molecule has 29 heavy (non-hydrogen) atoms. The monoisotopic (exact) mass is 396 g/mol. The van der Waals surface area contributed by atoms with Crippen LogP contribution in [0.3, 0.4) is 0 Å². The van der Waals surface area contributed by atoms with Crippen LogP contribution in [0.4, 0.5) is 0 Å². The summed E-state index contributed by atoms with van der Waals surface area (Å²) in [4.78, 5) is 30.1. The highest BCUT2D eigenvalue weighted by atomic mass is 16.5. The highest BCUT2D eigenvalue weighted by Gasteiger charge is 2.44. The minimum Gasteiger partial charge on any atom is -0.497 e. The molecule has 2 atom stereocenters. The van der Waals surface area contributed by atoms with Gasteiger partial charge in [-0.15, -0.1) is 0 Å². The van der Waals surface area contributed by atoms with E-state index in [0.717, 1.165) is 0 Å². The fraction of sp³-hybridized carbons (Fsp3) is 0.391. The fourth-order valence-electron chi connectivity index (χ4n) is 3.88. The van der Waals surface area contributed by atoms with E-state index in [9.17, 15) is 9.59 Å². The lowest BCUT2D eigenvalue weighted by Gasteiger charge is -2.34. The fourth-order valence-corrected chi connectivity index (χ4v) is 3.88. The predicted octanol–water partition coefficient (Wildman–Crippen LogP) is 3.67. The van der Waals surface area contributed by atoms with Gasteiger partial charge in [0.15, 0.2) is 0 Å². The summed E-state index contributed by atoms with van der Waals surface area (Å²) in [5, 5.41) is 0. The van der Waals surface area contributed by atoms with Crippen LogP contribution in [0, 0.1) is 5.92 Å². The Morgan fingerprint density at radius 1 is 0.862 bits per heavy atom. The topological polar surface area (TPSA) is 59.1 Å². The molecular formula is C23H28N2O4. The van der Waals surface area contributed by atoms with Crippen LogP contribution in [-0.2, 0) is 0 Å². The van der Waals surface area contributed by atoms with Crippen molar-refractivity contribution in [3.63, 3.8) is 0 Å². The van der Waals surface area contributed by atoms with Crippen LogP contribution in [-0.4, -0.2) is 54.6 Å². The van der Waals surface area contributed by atoms with Gasteiger partial charge < -0.3 is 19.3 Å². The number of carbonyl (C=O) groups is 2. The average molecular weight is 396 g/mol. The first-order chi connectivity index (χ1) is 13.9. The van der Waals surface area contributed by atoms with Gasteiger partial charge in [0.25, 0.3) is 11.8 Å². The largest absolute Gasteiger partial charge is 0.497 e. The lowest BCUT2D eigenvalue weighted by atomic mass is 10.1. The van der Waals surface area contributed by atoms with E-state index in [4.69, 9.17) is 9.47 Å². The Morgan fingerprint density at radius 3 is 1.72 bits per heavy atom. The van der Waals surface area contributed by atoms with Gasteiger partial charge in [-0.25, -0.2) is 0 Å². The van der Waals surface area contributed by atoms with Crippen LogP contribution in [0.25, 0.3) is 0 Å². The normalized spacial score (nSPS) is 18.8. The van der Waals surface area contributed by atoms with E-state index in [1.165, 1.54) is 0 Å². The molecule has 0 spiro atoms. The van der Waals surface area contributed by atoms with Gasteiger partial charge in [-0.05, 0) is 61.4 Å². The molecule has 0 N–H and O–H groups in total. The van der Waals surface area contributed by atoms with Crippen molar-refractivity contribution in [2.45, 2.75) is 33.0 Å². The molecule has 1 saturated heterocycles. The quantitative estimate of drug-likeness (QED) is 0.774. The molecule has 0 aromatic heterocycles. The van der Waals surface area contributed by atoms with Gasteiger partial charge in [0.05, 0.1) is 14.2 Å². The second kappa shape index (κ2) is 8.55. The Kier molecular flexibility index (Phi) is 6.11. The number of benzene rings is 2. The van der Waals surface area contributed by atoms with Crippen LogP contribution >= 0.6 is 0 Å². The van der Waals surface area contributed by atoms with Gasteiger partial charge in [-0.2, -0.15) is 0 Å². The minimum absolute atomic E-state index is 0.0797. The summed E-state index contributed by atoms with van der Waals surface area (Å²) in [5.41, 5.74) is 1.17. The third-order valence-corrected chi connectivity index (χ3v) is 5.31. The van der Waals surface area contributed by atoms with Crippen molar-refractivity contribution >= 4 is 11.8 Å². The van der Waals surface area contributed by atoms with Crippen molar-refractivity contribution in [2.75, 3.05) is 20.8 Å². The second-order valence-corrected chi connectivity index (χ2v) is 7.63. The van der Waals surface area contributed by atoms with Crippen LogP contribution in [0.15, 0.2) is 48.5 Å². The van der Waals surface area contributed by atoms with E-state index in [0.29, 0.717) is 29.2 Å². The summed E-state index contributed by atoms with van der Waals surface area (Å²) in [6.45, 7) is 6.55. The van der Waals surface area contributed by atoms with Gasteiger partial charge in [-0.1, -0.05) is 13.8 Å². The van der Waals surface area contributed by atoms with Gasteiger partial charge in [0, 0.05) is 23.7 Å². The number of methoxy groups -OCH3 is 2. The molecule has 0 radical (unpaired) electrons. The van der Waals surface area contributed by atoms with Crippen molar-refractivity contribution in [2.24, 2.45) is 5.92 Å². The molecule has 1 heterocycles. The maximum atomic E-state index is 13.3. The number of hydrogen-bond donors (Lipinski definition) is 0. The standard InChI is InChI=1S/C23H28N2O4/c1-15(2)21-24(22(26)17-6-10-19(28-4)11-7-17)14-16(3)25(21)23(27)18-8-12-20(29-5)13-9-18/h6-13,15-16,21H,14H2,1-5H3. The molecule has 0 aliphatic carbocycles. The highest BCUT2D eigenvalue weighted by Crippen LogP contribution is 2.30. The third-order valence-electron chi connectivity index (χ3n) is 5.31. The molecule has 2 aromatic rings. The molecule has 0 saturated carbocycles. The molecule has 1 aliphatic rings. The first-order valence-corrected chi connectivity index (χ1v) is 9.79. The zero-order valence-electron chi connectivity index (χ0n) is 17.6. The summed E-state index contributed by atoms with van der Waals surface area (Å²) >= 11 is 0. The predicted molar refractivity (Wildman–Crippen MR) is 111 cm³/mol. The first-order valence-electron chi connectivity index (χ1n) is 9.79. The lowest BCUT2D eigenvalue weighted by molar-refractivity contribution is 0.0421. The van der Waals surface area contributed by atoms with E-state index in [-0.39, 0.29) is 29.9 Å². The van der Waals surface area contributed by atoms with Crippen molar-refractivity contribution in [1.29, 1.82) is 0 Å². The van der Waals surface area contributed by atoms with Crippen LogP contribution in [0.2, 0.25) is 0 Å². The maximum Gasteiger partial charge on any atom is 0.255 e. The van der Waals surface area contributed by atoms with Gasteiger partial charge in [0.2, 0.25) is 0 Å². The van der Waals surface area contributed by atoms with E-state index < -0.39 is 0 Å². The van der Waals surface area contributed by atoms with E-state index in [1.807, 2.05) is 25.7 Å². The number of rotatable bonds is 5. The van der Waals surface area contributed by atoms with E-state index in [2.05, 4.69) is 0 Å². The number of amides is 2. The third kappa shape index (κ3) is 4.06.